The second-order valence-corrected chi connectivity index (χ2v) is 8.07. The molecule has 8 heteroatoms. The van der Waals surface area contributed by atoms with Gasteiger partial charge in [0.1, 0.15) is 0 Å². The maximum atomic E-state index is 11.3. The molecule has 0 saturated carbocycles. The summed E-state index contributed by atoms with van der Waals surface area (Å²) in [6.45, 7) is 2.55. The molecule has 0 unspecified atom stereocenters. The molecule has 0 aromatic rings. The summed E-state index contributed by atoms with van der Waals surface area (Å²) < 4.78 is 29.1. The molecule has 0 aromatic carbocycles. The predicted octanol–water partition coefficient (Wildman–Crippen LogP) is 4.77. The quantitative estimate of drug-likeness (QED) is 0.0934. The van der Waals surface area contributed by atoms with E-state index >= 15 is 0 Å². The molecule has 0 saturated heterocycles. The van der Waals surface area contributed by atoms with Crippen LogP contribution in [-0.4, -0.2) is 56.5 Å². The van der Waals surface area contributed by atoms with Crippen molar-refractivity contribution in [2.45, 2.75) is 110 Å². The van der Waals surface area contributed by atoms with Crippen LogP contribution in [0.5, 0.6) is 0 Å². The van der Waals surface area contributed by atoms with Crippen molar-refractivity contribution in [2.24, 2.45) is 0 Å². The van der Waals surface area contributed by atoms with Crippen LogP contribution in [0.4, 0.5) is 0 Å². The van der Waals surface area contributed by atoms with E-state index in [1.165, 1.54) is 83.5 Å². The van der Waals surface area contributed by atoms with Crippen molar-refractivity contribution in [1.82, 2.24) is 0 Å². The third-order valence-electron chi connectivity index (χ3n) is 4.76. The van der Waals surface area contributed by atoms with E-state index in [2.05, 4.69) is 11.1 Å². The summed E-state index contributed by atoms with van der Waals surface area (Å²) in [5.74, 6) is -1.79. The van der Waals surface area contributed by atoms with Crippen LogP contribution in [0.3, 0.4) is 0 Å². The van der Waals surface area contributed by atoms with Gasteiger partial charge < -0.3 is 8.92 Å². The average molecular weight is 457 g/mol. The zero-order valence-electron chi connectivity index (χ0n) is 18.1. The Morgan fingerprint density at radius 3 is 1.40 bits per heavy atom. The Labute approximate surface area is 207 Å². The molecule has 0 aromatic heterocycles. The Balaban J connectivity index is 0. The van der Waals surface area contributed by atoms with Crippen molar-refractivity contribution < 1.29 is 26.9 Å². The van der Waals surface area contributed by atoms with Crippen molar-refractivity contribution in [1.29, 1.82) is 0 Å². The molecule has 0 aliphatic heterocycles. The third-order valence-corrected chi connectivity index (χ3v) is 5.09. The molecule has 0 spiro atoms. The van der Waals surface area contributed by atoms with Gasteiger partial charge in [-0.05, 0) is 6.42 Å². The summed E-state index contributed by atoms with van der Waals surface area (Å²) >= 11 is 0. The summed E-state index contributed by atoms with van der Waals surface area (Å²) in [6.07, 6.45) is 22.1. The summed E-state index contributed by atoms with van der Waals surface area (Å²) in [4.78, 5) is 22.2. The Bertz CT molecular complexity index is 512. The molecule has 30 heavy (non-hydrogen) atoms. The first kappa shape index (κ1) is 31.8. The molecular formula is C22H41NaO6S. The topological polar surface area (TPSA) is 86.7 Å². The number of thiol groups is 1. The Kier molecular flexibility index (Phi) is 26.4. The van der Waals surface area contributed by atoms with Gasteiger partial charge in [-0.25, -0.2) is 9.59 Å². The molecule has 0 heterocycles. The molecule has 0 amide bonds. The molecule has 0 rings (SSSR count). The van der Waals surface area contributed by atoms with E-state index in [0.717, 1.165) is 31.4 Å². The number of hydrogen-bond acceptors (Lipinski definition) is 6. The first-order chi connectivity index (χ1) is 14.1. The van der Waals surface area contributed by atoms with Crippen molar-refractivity contribution in [3.8, 4) is 0 Å². The normalized spacial score (nSPS) is 10.9. The van der Waals surface area contributed by atoms with Gasteiger partial charge in [0, 0.05) is 12.2 Å². The van der Waals surface area contributed by atoms with E-state index in [4.69, 9.17) is 4.74 Å². The standard InChI is InChI=1S/C22H40O6S.Na.H/c1-2-3-4-5-6-7-8-9-10-11-12-13-14-15-16-17-20-27-21(23)18-19-22(24)28-29(25)26;;/h18-19,29H,2-17,20H2,1H3;;/b19-18+;;. The molecule has 0 aliphatic rings. The SMILES string of the molecule is CCCCCCCCCCCCCCCCCCOC(=O)/C=C/C(=O)O[SH](=O)=O.[NaH]. The number of unbranched alkanes of at least 4 members (excludes halogenated alkanes) is 15. The number of esters is 1. The minimum absolute atomic E-state index is 0. The van der Waals surface area contributed by atoms with Gasteiger partial charge in [-0.15, -0.1) is 0 Å². The second kappa shape index (κ2) is 24.9. The van der Waals surface area contributed by atoms with Gasteiger partial charge in [-0.1, -0.05) is 103 Å². The summed E-state index contributed by atoms with van der Waals surface area (Å²) in [5.41, 5.74) is 0. The fourth-order valence-corrected chi connectivity index (χ4v) is 3.32. The van der Waals surface area contributed by atoms with Gasteiger partial charge in [0.15, 0.2) is 0 Å². The molecule has 0 aliphatic carbocycles. The van der Waals surface area contributed by atoms with Crippen molar-refractivity contribution in [3.63, 3.8) is 0 Å². The van der Waals surface area contributed by atoms with Crippen LogP contribution in [0.15, 0.2) is 12.2 Å². The fourth-order valence-electron chi connectivity index (χ4n) is 3.11. The number of rotatable bonds is 20. The molecule has 0 bridgehead atoms. The zero-order valence-corrected chi connectivity index (χ0v) is 19.0. The Morgan fingerprint density at radius 2 is 1.00 bits per heavy atom. The van der Waals surface area contributed by atoms with Crippen LogP contribution >= 0.6 is 0 Å². The molecule has 172 valence electrons. The zero-order chi connectivity index (χ0) is 21.6. The number of carbonyl (C=O) groups excluding carboxylic acids is 2. The van der Waals surface area contributed by atoms with E-state index in [9.17, 15) is 18.0 Å². The third kappa shape index (κ3) is 25.7. The van der Waals surface area contributed by atoms with Crippen LogP contribution in [-0.2, 0) is 29.5 Å². The average Bonchev–Trinajstić information content (AvgIpc) is 2.68. The van der Waals surface area contributed by atoms with E-state index in [1.54, 1.807) is 0 Å². The maximum absolute atomic E-state index is 11.3. The number of carbonyl (C=O) groups is 2. The van der Waals surface area contributed by atoms with Gasteiger partial charge in [0.2, 0.25) is 0 Å². The van der Waals surface area contributed by atoms with Crippen LogP contribution in [0, 0.1) is 0 Å². The monoisotopic (exact) mass is 456 g/mol. The van der Waals surface area contributed by atoms with Gasteiger partial charge in [-0.3, -0.25) is 0 Å². The van der Waals surface area contributed by atoms with Crippen molar-refractivity contribution in [3.05, 3.63) is 12.2 Å². The van der Waals surface area contributed by atoms with Gasteiger partial charge in [0.25, 0.3) is 0 Å². The molecule has 0 fully saturated rings. The molecule has 0 N–H and O–H groups in total. The summed E-state index contributed by atoms with van der Waals surface area (Å²) in [6, 6.07) is 0. The predicted molar refractivity (Wildman–Crippen MR) is 123 cm³/mol. The van der Waals surface area contributed by atoms with Crippen molar-refractivity contribution in [2.75, 3.05) is 6.61 Å². The molecular weight excluding hydrogens is 415 g/mol. The van der Waals surface area contributed by atoms with Crippen LogP contribution in [0.2, 0.25) is 0 Å². The molecule has 6 nitrogen and oxygen atoms in total. The summed E-state index contributed by atoms with van der Waals surface area (Å²) in [5, 5.41) is 0. The van der Waals surface area contributed by atoms with Gasteiger partial charge in [0.05, 0.1) is 6.61 Å². The first-order valence-electron chi connectivity index (χ1n) is 11.3. The van der Waals surface area contributed by atoms with Gasteiger partial charge in [-0.2, -0.15) is 8.42 Å². The fraction of sp³-hybridized carbons (Fsp3) is 0.818. The summed E-state index contributed by atoms with van der Waals surface area (Å²) in [7, 11) is -3.25. The first-order valence-corrected chi connectivity index (χ1v) is 12.4. The molecule has 0 atom stereocenters. The van der Waals surface area contributed by atoms with E-state index in [1.807, 2.05) is 0 Å². The number of hydrogen-bond donors (Lipinski definition) is 1. The van der Waals surface area contributed by atoms with E-state index in [0.29, 0.717) is 6.61 Å². The number of ether oxygens (including phenoxy) is 1. The van der Waals surface area contributed by atoms with Crippen LogP contribution in [0.25, 0.3) is 0 Å². The van der Waals surface area contributed by atoms with Gasteiger partial charge >= 0.3 is 52.5 Å². The van der Waals surface area contributed by atoms with Crippen LogP contribution < -0.4 is 0 Å². The van der Waals surface area contributed by atoms with Crippen LogP contribution in [0.1, 0.15) is 110 Å². The Hall–Kier alpha value is -0.370. The van der Waals surface area contributed by atoms with E-state index in [-0.39, 0.29) is 29.6 Å². The minimum atomic E-state index is -3.25. The second-order valence-electron chi connectivity index (χ2n) is 7.44. The Morgan fingerprint density at radius 1 is 0.633 bits per heavy atom. The van der Waals surface area contributed by atoms with Crippen molar-refractivity contribution >= 4 is 52.5 Å². The van der Waals surface area contributed by atoms with E-state index < -0.39 is 22.9 Å². The molecule has 0 radical (unpaired) electrons.